The van der Waals surface area contributed by atoms with Crippen molar-refractivity contribution in [3.63, 3.8) is 0 Å². The lowest BCUT2D eigenvalue weighted by Crippen LogP contribution is -2.39. The van der Waals surface area contributed by atoms with Gasteiger partial charge >= 0.3 is 0 Å². The average molecular weight is 297 g/mol. The molecule has 0 aliphatic carbocycles. The number of benzene rings is 1. The lowest BCUT2D eigenvalue weighted by molar-refractivity contribution is 0.0720. The van der Waals surface area contributed by atoms with Crippen LogP contribution in [0.5, 0.6) is 0 Å². The standard InChI is InChI=1S/C18H23N3O/c1-12(2)10-20-8-7-15-9-16(5-6-17(15)18(20)22)21-11-13(3)14(4)19-21/h5-6,9,11-12H,7-8,10H2,1-4H3. The van der Waals surface area contributed by atoms with Crippen molar-refractivity contribution in [3.8, 4) is 5.69 Å². The number of carbonyl (C=O) groups excluding carboxylic acids is 1. The number of fused-ring (bicyclic) bond motifs is 1. The first kappa shape index (κ1) is 14.8. The molecule has 2 aromatic rings. The van der Waals surface area contributed by atoms with Crippen molar-refractivity contribution in [3.05, 3.63) is 46.8 Å². The van der Waals surface area contributed by atoms with E-state index in [9.17, 15) is 4.79 Å². The number of hydrogen-bond donors (Lipinski definition) is 0. The van der Waals surface area contributed by atoms with E-state index in [2.05, 4.69) is 31.9 Å². The second-order valence-corrected chi connectivity index (χ2v) is 6.58. The van der Waals surface area contributed by atoms with Gasteiger partial charge in [-0.25, -0.2) is 4.68 Å². The third-order valence-electron chi connectivity index (χ3n) is 4.25. The quantitative estimate of drug-likeness (QED) is 0.873. The summed E-state index contributed by atoms with van der Waals surface area (Å²) in [6.07, 6.45) is 2.95. The van der Waals surface area contributed by atoms with Gasteiger partial charge in [0.2, 0.25) is 0 Å². The molecule has 1 aromatic carbocycles. The van der Waals surface area contributed by atoms with E-state index in [0.29, 0.717) is 5.92 Å². The van der Waals surface area contributed by atoms with Gasteiger partial charge in [0, 0.05) is 24.8 Å². The Morgan fingerprint density at radius 3 is 2.68 bits per heavy atom. The molecular formula is C18H23N3O. The number of rotatable bonds is 3. The van der Waals surface area contributed by atoms with E-state index >= 15 is 0 Å². The fourth-order valence-corrected chi connectivity index (χ4v) is 2.96. The van der Waals surface area contributed by atoms with E-state index in [1.54, 1.807) is 0 Å². The minimum Gasteiger partial charge on any atom is -0.338 e. The molecule has 4 nitrogen and oxygen atoms in total. The largest absolute Gasteiger partial charge is 0.338 e. The summed E-state index contributed by atoms with van der Waals surface area (Å²) in [5.74, 6) is 0.661. The van der Waals surface area contributed by atoms with Gasteiger partial charge in [0.15, 0.2) is 0 Å². The van der Waals surface area contributed by atoms with E-state index in [-0.39, 0.29) is 5.91 Å². The molecule has 0 atom stereocenters. The number of hydrogen-bond acceptors (Lipinski definition) is 2. The summed E-state index contributed by atoms with van der Waals surface area (Å²) in [6, 6.07) is 6.04. The van der Waals surface area contributed by atoms with Crippen LogP contribution in [0.1, 0.15) is 41.0 Å². The molecule has 22 heavy (non-hydrogen) atoms. The first-order chi connectivity index (χ1) is 10.5. The normalized spacial score (nSPS) is 14.6. The van der Waals surface area contributed by atoms with Crippen molar-refractivity contribution < 1.29 is 4.79 Å². The van der Waals surface area contributed by atoms with Gasteiger partial charge in [-0.1, -0.05) is 13.8 Å². The molecule has 1 aliphatic heterocycles. The first-order valence-corrected chi connectivity index (χ1v) is 7.91. The second-order valence-electron chi connectivity index (χ2n) is 6.58. The highest BCUT2D eigenvalue weighted by atomic mass is 16.2. The molecule has 0 bridgehead atoms. The SMILES string of the molecule is Cc1cn(-c2ccc3c(c2)CCN(CC(C)C)C3=O)nc1C. The summed E-state index contributed by atoms with van der Waals surface area (Å²) >= 11 is 0. The molecule has 4 heteroatoms. The molecule has 1 aliphatic rings. The second kappa shape index (κ2) is 5.59. The Balaban J connectivity index is 1.91. The van der Waals surface area contributed by atoms with E-state index in [1.807, 2.05) is 34.8 Å². The van der Waals surface area contributed by atoms with E-state index in [1.165, 1.54) is 5.56 Å². The van der Waals surface area contributed by atoms with Gasteiger partial charge < -0.3 is 4.90 Å². The molecule has 0 fully saturated rings. The molecule has 1 amide bonds. The van der Waals surface area contributed by atoms with Crippen LogP contribution in [0.3, 0.4) is 0 Å². The summed E-state index contributed by atoms with van der Waals surface area (Å²) < 4.78 is 1.90. The summed E-state index contributed by atoms with van der Waals surface area (Å²) in [7, 11) is 0. The zero-order valence-electron chi connectivity index (χ0n) is 13.8. The number of aryl methyl sites for hydroxylation is 2. The van der Waals surface area contributed by atoms with Gasteiger partial charge in [0.1, 0.15) is 0 Å². The fraction of sp³-hybridized carbons (Fsp3) is 0.444. The monoisotopic (exact) mass is 297 g/mol. The Bertz CT molecular complexity index is 696. The molecule has 0 N–H and O–H groups in total. The molecular weight excluding hydrogens is 274 g/mol. The van der Waals surface area contributed by atoms with Crippen molar-refractivity contribution in [1.29, 1.82) is 0 Å². The Morgan fingerprint density at radius 2 is 2.05 bits per heavy atom. The number of carbonyl (C=O) groups is 1. The molecule has 116 valence electrons. The molecule has 1 aromatic heterocycles. The molecule has 0 unspecified atom stereocenters. The Morgan fingerprint density at radius 1 is 1.27 bits per heavy atom. The van der Waals surface area contributed by atoms with E-state index < -0.39 is 0 Å². The van der Waals surface area contributed by atoms with Crippen LogP contribution in [0, 0.1) is 19.8 Å². The maximum atomic E-state index is 12.6. The summed E-state index contributed by atoms with van der Waals surface area (Å²) in [5, 5.41) is 4.52. The Kier molecular flexibility index (Phi) is 3.77. The van der Waals surface area contributed by atoms with Crippen molar-refractivity contribution in [1.82, 2.24) is 14.7 Å². The number of nitrogens with zero attached hydrogens (tertiary/aromatic N) is 3. The van der Waals surface area contributed by atoms with Gasteiger partial charge in [-0.15, -0.1) is 0 Å². The molecule has 3 rings (SSSR count). The topological polar surface area (TPSA) is 38.1 Å². The third-order valence-corrected chi connectivity index (χ3v) is 4.25. The smallest absolute Gasteiger partial charge is 0.254 e. The highest BCUT2D eigenvalue weighted by Gasteiger charge is 2.25. The molecule has 2 heterocycles. The van der Waals surface area contributed by atoms with Crippen LogP contribution in [0.2, 0.25) is 0 Å². The van der Waals surface area contributed by atoms with Gasteiger partial charge in [0.05, 0.1) is 11.4 Å². The summed E-state index contributed by atoms with van der Waals surface area (Å²) in [4.78, 5) is 14.5. The minimum atomic E-state index is 0.161. The fourth-order valence-electron chi connectivity index (χ4n) is 2.96. The van der Waals surface area contributed by atoms with Crippen molar-refractivity contribution in [2.75, 3.05) is 13.1 Å². The van der Waals surface area contributed by atoms with Crippen molar-refractivity contribution in [2.24, 2.45) is 5.92 Å². The molecule has 0 spiro atoms. The highest BCUT2D eigenvalue weighted by Crippen LogP contribution is 2.23. The van der Waals surface area contributed by atoms with Crippen molar-refractivity contribution >= 4 is 5.91 Å². The maximum absolute atomic E-state index is 12.6. The molecule has 0 saturated carbocycles. The van der Waals surface area contributed by atoms with Crippen LogP contribution in [-0.4, -0.2) is 33.7 Å². The summed E-state index contributed by atoms with van der Waals surface area (Å²) in [6.45, 7) is 10.0. The van der Waals surface area contributed by atoms with Gasteiger partial charge in [-0.2, -0.15) is 5.10 Å². The van der Waals surface area contributed by atoms with Crippen LogP contribution < -0.4 is 0 Å². The van der Waals surface area contributed by atoms with Gasteiger partial charge in [-0.3, -0.25) is 4.79 Å². The predicted molar refractivity (Wildman–Crippen MR) is 87.5 cm³/mol. The van der Waals surface area contributed by atoms with Crippen LogP contribution in [-0.2, 0) is 6.42 Å². The van der Waals surface area contributed by atoms with E-state index in [0.717, 1.165) is 42.0 Å². The lowest BCUT2D eigenvalue weighted by atomic mass is 9.97. The van der Waals surface area contributed by atoms with E-state index in [4.69, 9.17) is 0 Å². The van der Waals surface area contributed by atoms with Crippen LogP contribution in [0.15, 0.2) is 24.4 Å². The number of amides is 1. The lowest BCUT2D eigenvalue weighted by Gasteiger charge is -2.30. The minimum absolute atomic E-state index is 0.161. The zero-order chi connectivity index (χ0) is 15.9. The molecule has 0 radical (unpaired) electrons. The Labute approximate surface area is 131 Å². The first-order valence-electron chi connectivity index (χ1n) is 7.91. The zero-order valence-corrected chi connectivity index (χ0v) is 13.8. The average Bonchev–Trinajstić information content (AvgIpc) is 2.81. The van der Waals surface area contributed by atoms with Crippen LogP contribution in [0.4, 0.5) is 0 Å². The Hall–Kier alpha value is -2.10. The van der Waals surface area contributed by atoms with Crippen molar-refractivity contribution in [2.45, 2.75) is 34.1 Å². The molecule has 0 saturated heterocycles. The highest BCUT2D eigenvalue weighted by molar-refractivity contribution is 5.97. The van der Waals surface area contributed by atoms with Gasteiger partial charge in [0.25, 0.3) is 5.91 Å². The summed E-state index contributed by atoms with van der Waals surface area (Å²) in [5.41, 5.74) is 5.22. The van der Waals surface area contributed by atoms with Crippen LogP contribution in [0.25, 0.3) is 5.69 Å². The van der Waals surface area contributed by atoms with Gasteiger partial charge in [-0.05, 0) is 55.5 Å². The predicted octanol–water partition coefficient (Wildman–Crippen LogP) is 3.14. The van der Waals surface area contributed by atoms with Crippen LogP contribution >= 0.6 is 0 Å². The maximum Gasteiger partial charge on any atom is 0.254 e. The third kappa shape index (κ3) is 2.65. The number of aromatic nitrogens is 2.